The number of esters is 1. The fourth-order valence-corrected chi connectivity index (χ4v) is 1.69. The molecule has 2 amide bonds. The van der Waals surface area contributed by atoms with Crippen molar-refractivity contribution in [3.63, 3.8) is 0 Å². The summed E-state index contributed by atoms with van der Waals surface area (Å²) < 4.78 is 4.46. The van der Waals surface area contributed by atoms with Crippen LogP contribution >= 0.6 is 0 Å². The molecular weight excluding hydrogens is 252 g/mol. The molecule has 7 heteroatoms. The van der Waals surface area contributed by atoms with E-state index in [9.17, 15) is 19.5 Å². The Bertz CT molecular complexity index is 488. The maximum Gasteiger partial charge on any atom is 0.334 e. The lowest BCUT2D eigenvalue weighted by Crippen LogP contribution is -2.54. The van der Waals surface area contributed by atoms with Gasteiger partial charge in [0.1, 0.15) is 0 Å². The highest BCUT2D eigenvalue weighted by Gasteiger charge is 2.44. The van der Waals surface area contributed by atoms with Crippen molar-refractivity contribution in [1.29, 1.82) is 0 Å². The lowest BCUT2D eigenvalue weighted by molar-refractivity contribution is -0.152. The second kappa shape index (κ2) is 5.85. The number of primary amides is 1. The smallest absolute Gasteiger partial charge is 0.334 e. The molecule has 102 valence electrons. The van der Waals surface area contributed by atoms with Crippen molar-refractivity contribution in [2.45, 2.75) is 12.0 Å². The molecule has 1 unspecified atom stereocenters. The van der Waals surface area contributed by atoms with E-state index in [1.165, 1.54) is 12.1 Å². The molecule has 1 atom stereocenters. The van der Waals surface area contributed by atoms with Gasteiger partial charge in [0.05, 0.1) is 13.5 Å². The number of hydrogen-bond acceptors (Lipinski definition) is 4. The predicted molar refractivity (Wildman–Crippen MR) is 65.1 cm³/mol. The molecule has 0 heterocycles. The van der Waals surface area contributed by atoms with Gasteiger partial charge in [0.25, 0.3) is 0 Å². The van der Waals surface area contributed by atoms with E-state index in [2.05, 4.69) is 10.1 Å². The summed E-state index contributed by atoms with van der Waals surface area (Å²) in [7, 11) is 1.13. The van der Waals surface area contributed by atoms with E-state index in [1.807, 2.05) is 0 Å². The normalized spacial score (nSPS) is 13.1. The van der Waals surface area contributed by atoms with Crippen molar-refractivity contribution >= 4 is 18.0 Å². The van der Waals surface area contributed by atoms with Crippen molar-refractivity contribution in [2.75, 3.05) is 7.11 Å². The first-order chi connectivity index (χ1) is 8.92. The van der Waals surface area contributed by atoms with Crippen LogP contribution in [0.25, 0.3) is 0 Å². The van der Waals surface area contributed by atoms with Gasteiger partial charge in [-0.1, -0.05) is 30.3 Å². The van der Waals surface area contributed by atoms with Gasteiger partial charge in [0.15, 0.2) is 5.54 Å². The third-order valence-electron chi connectivity index (χ3n) is 2.61. The molecule has 1 aromatic rings. The Balaban J connectivity index is 3.31. The van der Waals surface area contributed by atoms with Gasteiger partial charge in [0.2, 0.25) is 0 Å². The van der Waals surface area contributed by atoms with Crippen molar-refractivity contribution in [1.82, 2.24) is 5.32 Å². The zero-order valence-corrected chi connectivity index (χ0v) is 10.3. The zero-order valence-electron chi connectivity index (χ0n) is 10.3. The van der Waals surface area contributed by atoms with E-state index in [1.54, 1.807) is 18.2 Å². The fraction of sp³-hybridized carbons (Fsp3) is 0.250. The number of methoxy groups -OCH3 is 1. The molecule has 0 aromatic heterocycles. The van der Waals surface area contributed by atoms with Crippen molar-refractivity contribution < 1.29 is 24.2 Å². The molecule has 4 N–H and O–H groups in total. The molecule has 0 aliphatic rings. The lowest BCUT2D eigenvalue weighted by atomic mass is 9.86. The molecular formula is C12H14N2O5. The quantitative estimate of drug-likeness (QED) is 0.658. The molecule has 0 saturated heterocycles. The van der Waals surface area contributed by atoms with Gasteiger partial charge in [-0.05, 0) is 5.56 Å². The molecule has 0 aliphatic heterocycles. The summed E-state index contributed by atoms with van der Waals surface area (Å²) in [5.41, 5.74) is 3.29. The third kappa shape index (κ3) is 3.21. The first kappa shape index (κ1) is 14.5. The number of nitrogens with one attached hydrogen (secondary N) is 1. The molecule has 0 aliphatic carbocycles. The third-order valence-corrected chi connectivity index (χ3v) is 2.61. The summed E-state index contributed by atoms with van der Waals surface area (Å²) in [6.45, 7) is 0. The molecule has 1 rings (SSSR count). The molecule has 0 saturated carbocycles. The Labute approximate surface area is 109 Å². The number of carboxylic acid groups (broad SMARTS) is 1. The maximum atomic E-state index is 11.5. The van der Waals surface area contributed by atoms with E-state index in [-0.39, 0.29) is 5.56 Å². The van der Waals surface area contributed by atoms with Gasteiger partial charge in [-0.3, -0.25) is 4.79 Å². The number of urea groups is 1. The minimum atomic E-state index is -1.94. The number of benzene rings is 1. The molecule has 1 aromatic carbocycles. The average Bonchev–Trinajstić information content (AvgIpc) is 2.37. The highest BCUT2D eigenvalue weighted by molar-refractivity contribution is 5.91. The topological polar surface area (TPSA) is 119 Å². The summed E-state index contributed by atoms with van der Waals surface area (Å²) in [5.74, 6) is -2.18. The Morgan fingerprint density at radius 2 is 1.89 bits per heavy atom. The minimum absolute atomic E-state index is 0.228. The Kier molecular flexibility index (Phi) is 4.46. The number of carbonyl (C=O) groups is 3. The first-order valence-electron chi connectivity index (χ1n) is 5.35. The molecule has 19 heavy (non-hydrogen) atoms. The van der Waals surface area contributed by atoms with Crippen LogP contribution in [0.1, 0.15) is 12.0 Å². The largest absolute Gasteiger partial charge is 0.479 e. The average molecular weight is 266 g/mol. The fourth-order valence-electron chi connectivity index (χ4n) is 1.69. The van der Waals surface area contributed by atoms with Gasteiger partial charge in [-0.25, -0.2) is 9.59 Å². The number of carboxylic acids is 1. The van der Waals surface area contributed by atoms with Crippen molar-refractivity contribution in [3.8, 4) is 0 Å². The van der Waals surface area contributed by atoms with Crippen LogP contribution in [0.5, 0.6) is 0 Å². The van der Waals surface area contributed by atoms with Crippen LogP contribution in [-0.4, -0.2) is 30.2 Å². The van der Waals surface area contributed by atoms with Gasteiger partial charge in [0, 0.05) is 0 Å². The van der Waals surface area contributed by atoms with Crippen LogP contribution in [0.3, 0.4) is 0 Å². The van der Waals surface area contributed by atoms with E-state index in [0.717, 1.165) is 7.11 Å². The summed E-state index contributed by atoms with van der Waals surface area (Å²) in [6.07, 6.45) is -0.564. The Hall–Kier alpha value is -2.57. The SMILES string of the molecule is COC(=O)CC(NC(N)=O)(C(=O)O)c1ccccc1. The minimum Gasteiger partial charge on any atom is -0.479 e. The monoisotopic (exact) mass is 266 g/mol. The molecule has 0 bridgehead atoms. The highest BCUT2D eigenvalue weighted by Crippen LogP contribution is 2.26. The summed E-state index contributed by atoms with van der Waals surface area (Å²) in [5, 5.41) is 11.5. The number of nitrogens with two attached hydrogens (primary N) is 1. The van der Waals surface area contributed by atoms with Gasteiger partial charge in [-0.2, -0.15) is 0 Å². The molecule has 0 fully saturated rings. The van der Waals surface area contributed by atoms with Crippen LogP contribution in [0, 0.1) is 0 Å². The van der Waals surface area contributed by atoms with Crippen LogP contribution < -0.4 is 11.1 Å². The van der Waals surface area contributed by atoms with Crippen LogP contribution in [0.4, 0.5) is 4.79 Å². The number of hydrogen-bond donors (Lipinski definition) is 3. The number of aliphatic carboxylic acids is 1. The number of amides is 2. The van der Waals surface area contributed by atoms with Crippen LogP contribution in [0.15, 0.2) is 30.3 Å². The zero-order chi connectivity index (χ0) is 14.5. The van der Waals surface area contributed by atoms with Gasteiger partial charge in [-0.15, -0.1) is 0 Å². The maximum absolute atomic E-state index is 11.5. The number of ether oxygens (including phenoxy) is 1. The van der Waals surface area contributed by atoms with Crippen LogP contribution in [-0.2, 0) is 19.9 Å². The molecule has 0 radical (unpaired) electrons. The van der Waals surface area contributed by atoms with Crippen molar-refractivity contribution in [3.05, 3.63) is 35.9 Å². The van der Waals surface area contributed by atoms with Gasteiger partial charge >= 0.3 is 18.0 Å². The Morgan fingerprint density at radius 1 is 1.32 bits per heavy atom. The molecule has 0 spiro atoms. The van der Waals surface area contributed by atoms with Crippen LogP contribution in [0.2, 0.25) is 0 Å². The summed E-state index contributed by atoms with van der Waals surface area (Å²) >= 11 is 0. The van der Waals surface area contributed by atoms with Gasteiger partial charge < -0.3 is 20.9 Å². The van der Waals surface area contributed by atoms with Crippen molar-refractivity contribution in [2.24, 2.45) is 5.73 Å². The van der Waals surface area contributed by atoms with E-state index >= 15 is 0 Å². The highest BCUT2D eigenvalue weighted by atomic mass is 16.5. The van der Waals surface area contributed by atoms with E-state index in [0.29, 0.717) is 0 Å². The molecule has 7 nitrogen and oxygen atoms in total. The van der Waals surface area contributed by atoms with E-state index in [4.69, 9.17) is 5.73 Å². The number of rotatable bonds is 5. The summed E-state index contributed by atoms with van der Waals surface area (Å²) in [4.78, 5) is 34.0. The summed E-state index contributed by atoms with van der Waals surface area (Å²) in [6, 6.07) is 6.77. The first-order valence-corrected chi connectivity index (χ1v) is 5.35. The number of carbonyl (C=O) groups excluding carboxylic acids is 2. The Morgan fingerprint density at radius 3 is 2.32 bits per heavy atom. The standard InChI is InChI=1S/C12H14N2O5/c1-19-9(15)7-12(10(16)17,14-11(13)18)8-5-3-2-4-6-8/h2-6H,7H2,1H3,(H,16,17)(H3,13,14,18). The predicted octanol–water partition coefficient (Wildman–Crippen LogP) is 0.198. The second-order valence-electron chi connectivity index (χ2n) is 3.82. The second-order valence-corrected chi connectivity index (χ2v) is 3.82. The van der Waals surface area contributed by atoms with E-state index < -0.39 is 29.9 Å². The lowest BCUT2D eigenvalue weighted by Gasteiger charge is -2.29.